The normalized spacial score (nSPS) is 11.1. The number of esters is 1. The van der Waals surface area contributed by atoms with Crippen LogP contribution in [0.15, 0.2) is 41.8 Å². The molecule has 1 aromatic rings. The smallest absolute Gasteiger partial charge is 0.744 e. The van der Waals surface area contributed by atoms with Gasteiger partial charge in [-0.1, -0.05) is 95.8 Å². The third-order valence-electron chi connectivity index (χ3n) is 5.85. The molecule has 1 rings (SSSR count). The first-order valence-corrected chi connectivity index (χ1v) is 14.3. The fourth-order valence-electron chi connectivity index (χ4n) is 3.84. The van der Waals surface area contributed by atoms with Gasteiger partial charge >= 0.3 is 35.5 Å². The summed E-state index contributed by atoms with van der Waals surface area (Å²) in [5.74, 6) is -0.402. The van der Waals surface area contributed by atoms with Gasteiger partial charge in [0.25, 0.3) is 0 Å². The van der Waals surface area contributed by atoms with E-state index in [1.54, 1.807) is 12.1 Å². The number of rotatable bonds is 22. The first kappa shape index (κ1) is 34.3. The standard InChI is InChI=1S/C27H44O6S.Na/c1-2-27(28)33-24-23-32-22-16-14-12-10-8-6-4-3-5-7-9-11-13-15-17-25-18-20-26(21-19-25)34(29,30)31;/h2,18-21H,1,3-17,22-24H2,(H,29,30,31);/q;+1/p-1. The van der Waals surface area contributed by atoms with E-state index < -0.39 is 16.1 Å². The van der Waals surface area contributed by atoms with Crippen molar-refractivity contribution >= 4 is 16.1 Å². The van der Waals surface area contributed by atoms with Crippen molar-refractivity contribution in [2.45, 2.75) is 101 Å². The number of ether oxygens (including phenoxy) is 2. The molecule has 0 saturated heterocycles. The van der Waals surface area contributed by atoms with Crippen molar-refractivity contribution in [3.63, 3.8) is 0 Å². The van der Waals surface area contributed by atoms with E-state index in [0.29, 0.717) is 13.2 Å². The SMILES string of the molecule is C=CC(=O)OCCOCCCCCCCCCCCCCCCCc1ccc(S(=O)(=O)[O-])cc1.[Na+]. The molecule has 0 aliphatic carbocycles. The molecule has 0 saturated carbocycles. The number of benzene rings is 1. The molecule has 0 aliphatic rings. The molecule has 0 N–H and O–H groups in total. The zero-order valence-corrected chi connectivity index (χ0v) is 24.5. The van der Waals surface area contributed by atoms with Crippen LogP contribution in [0.4, 0.5) is 0 Å². The minimum Gasteiger partial charge on any atom is -0.744 e. The fourth-order valence-corrected chi connectivity index (χ4v) is 4.31. The van der Waals surface area contributed by atoms with Gasteiger partial charge in [0, 0.05) is 12.7 Å². The molecule has 1 aromatic carbocycles. The van der Waals surface area contributed by atoms with Crippen LogP contribution in [-0.4, -0.2) is 38.8 Å². The van der Waals surface area contributed by atoms with E-state index in [1.807, 2.05) is 0 Å². The topological polar surface area (TPSA) is 92.7 Å². The Morgan fingerprint density at radius 3 is 1.66 bits per heavy atom. The number of hydrogen-bond acceptors (Lipinski definition) is 6. The second kappa shape index (κ2) is 22.5. The molecule has 0 radical (unpaired) electrons. The molecule has 0 aromatic heterocycles. The van der Waals surface area contributed by atoms with Crippen molar-refractivity contribution in [1.82, 2.24) is 0 Å². The Kier molecular flexibility index (Phi) is 22.0. The first-order valence-electron chi connectivity index (χ1n) is 12.9. The summed E-state index contributed by atoms with van der Waals surface area (Å²) in [6.07, 6.45) is 19.7. The molecule has 0 spiro atoms. The average molecular weight is 519 g/mol. The third kappa shape index (κ3) is 20.1. The second-order valence-electron chi connectivity index (χ2n) is 8.78. The molecule has 6 nitrogen and oxygen atoms in total. The fraction of sp³-hybridized carbons (Fsp3) is 0.667. The number of unbranched alkanes of at least 4 members (excludes halogenated alkanes) is 13. The van der Waals surface area contributed by atoms with E-state index in [4.69, 9.17) is 9.47 Å². The Morgan fingerprint density at radius 2 is 1.20 bits per heavy atom. The molecule has 0 heterocycles. The van der Waals surface area contributed by atoms with Crippen LogP contribution in [-0.2, 0) is 30.8 Å². The van der Waals surface area contributed by atoms with Gasteiger partial charge in [0.1, 0.15) is 16.7 Å². The van der Waals surface area contributed by atoms with Gasteiger partial charge in [0.2, 0.25) is 0 Å². The molecule has 194 valence electrons. The maximum absolute atomic E-state index is 10.9. The number of carbonyl (C=O) groups is 1. The van der Waals surface area contributed by atoms with E-state index in [2.05, 4.69) is 6.58 Å². The van der Waals surface area contributed by atoms with Gasteiger partial charge in [-0.05, 0) is 37.0 Å². The minimum absolute atomic E-state index is 0. The van der Waals surface area contributed by atoms with Gasteiger partial charge in [-0.3, -0.25) is 0 Å². The van der Waals surface area contributed by atoms with Crippen LogP contribution in [0, 0.1) is 0 Å². The molecule has 0 atom stereocenters. The van der Waals surface area contributed by atoms with Crippen LogP contribution >= 0.6 is 0 Å². The van der Waals surface area contributed by atoms with Crippen molar-refractivity contribution in [2.24, 2.45) is 0 Å². The van der Waals surface area contributed by atoms with E-state index in [9.17, 15) is 17.8 Å². The quantitative estimate of drug-likeness (QED) is 0.0769. The summed E-state index contributed by atoms with van der Waals surface area (Å²) >= 11 is 0. The average Bonchev–Trinajstić information content (AvgIpc) is 2.82. The molecule has 8 heteroatoms. The Morgan fingerprint density at radius 1 is 0.743 bits per heavy atom. The first-order chi connectivity index (χ1) is 16.4. The van der Waals surface area contributed by atoms with E-state index >= 15 is 0 Å². The third-order valence-corrected chi connectivity index (χ3v) is 6.70. The van der Waals surface area contributed by atoms with Crippen molar-refractivity contribution in [2.75, 3.05) is 19.8 Å². The maximum Gasteiger partial charge on any atom is 1.00 e. The monoisotopic (exact) mass is 518 g/mol. The number of aryl methyl sites for hydroxylation is 1. The predicted octanol–water partition coefficient (Wildman–Crippen LogP) is 3.34. The van der Waals surface area contributed by atoms with Crippen LogP contribution in [0.5, 0.6) is 0 Å². The Labute approximate surface area is 235 Å². The Hall–Kier alpha value is -0.700. The van der Waals surface area contributed by atoms with Gasteiger partial charge in [-0.15, -0.1) is 0 Å². The minimum atomic E-state index is -4.34. The van der Waals surface area contributed by atoms with E-state index in [0.717, 1.165) is 37.5 Å². The number of carbonyl (C=O) groups excluding carboxylic acids is 1. The molecule has 0 fully saturated rings. The van der Waals surface area contributed by atoms with Crippen LogP contribution in [0.3, 0.4) is 0 Å². The van der Waals surface area contributed by atoms with Gasteiger partial charge in [0.15, 0.2) is 0 Å². The zero-order chi connectivity index (χ0) is 24.9. The van der Waals surface area contributed by atoms with Crippen molar-refractivity contribution in [3.8, 4) is 0 Å². The predicted molar refractivity (Wildman–Crippen MR) is 135 cm³/mol. The molecule has 35 heavy (non-hydrogen) atoms. The molecular weight excluding hydrogens is 475 g/mol. The summed E-state index contributed by atoms with van der Waals surface area (Å²) < 4.78 is 43.1. The maximum atomic E-state index is 10.9. The van der Waals surface area contributed by atoms with Gasteiger partial charge in [0.05, 0.1) is 11.5 Å². The summed E-state index contributed by atoms with van der Waals surface area (Å²) in [6.45, 7) is 4.82. The zero-order valence-electron chi connectivity index (χ0n) is 21.7. The summed E-state index contributed by atoms with van der Waals surface area (Å²) in [5.41, 5.74) is 1.09. The molecule has 0 unspecified atom stereocenters. The van der Waals surface area contributed by atoms with Crippen LogP contribution in [0.25, 0.3) is 0 Å². The van der Waals surface area contributed by atoms with Crippen molar-refractivity contribution in [1.29, 1.82) is 0 Å². The van der Waals surface area contributed by atoms with Crippen LogP contribution in [0.2, 0.25) is 0 Å². The summed E-state index contributed by atoms with van der Waals surface area (Å²) in [5, 5.41) is 0. The Bertz CT molecular complexity index is 764. The number of hydrogen-bond donors (Lipinski definition) is 0. The molecule has 0 amide bonds. The summed E-state index contributed by atoms with van der Waals surface area (Å²) in [6, 6.07) is 6.30. The molecule has 0 aliphatic heterocycles. The van der Waals surface area contributed by atoms with E-state index in [-0.39, 0.29) is 34.5 Å². The van der Waals surface area contributed by atoms with Gasteiger partial charge < -0.3 is 14.0 Å². The second-order valence-corrected chi connectivity index (χ2v) is 10.2. The van der Waals surface area contributed by atoms with Crippen molar-refractivity contribution in [3.05, 3.63) is 42.5 Å². The summed E-state index contributed by atoms with van der Waals surface area (Å²) in [4.78, 5) is 10.7. The largest absolute Gasteiger partial charge is 1.00 e. The van der Waals surface area contributed by atoms with Crippen LogP contribution < -0.4 is 29.6 Å². The van der Waals surface area contributed by atoms with Gasteiger partial charge in [-0.2, -0.15) is 0 Å². The molecular formula is C27H43NaO6S. The summed E-state index contributed by atoms with van der Waals surface area (Å²) in [7, 11) is -4.34. The van der Waals surface area contributed by atoms with Gasteiger partial charge in [-0.25, -0.2) is 13.2 Å². The molecule has 0 bridgehead atoms. The van der Waals surface area contributed by atoms with Crippen molar-refractivity contribution < 1.29 is 56.8 Å². The Balaban J connectivity index is 0.0000116. The van der Waals surface area contributed by atoms with Crippen LogP contribution in [0.1, 0.15) is 95.5 Å². The van der Waals surface area contributed by atoms with E-state index in [1.165, 1.54) is 89.2 Å².